The van der Waals surface area contributed by atoms with Crippen LogP contribution in [0.25, 0.3) is 0 Å². The van der Waals surface area contributed by atoms with Crippen LogP contribution in [0, 0.1) is 5.41 Å². The maximum atomic E-state index is 10.8. The average Bonchev–Trinajstić information content (AvgIpc) is 2.31. The predicted octanol–water partition coefficient (Wildman–Crippen LogP) is 3.02. The maximum Gasteiger partial charge on any atom is 0.247 e. The Balaban J connectivity index is 0.000000500. The zero-order chi connectivity index (χ0) is 11.0. The van der Waals surface area contributed by atoms with E-state index in [0.717, 1.165) is 6.42 Å². The highest BCUT2D eigenvalue weighted by Gasteiger charge is 2.16. The summed E-state index contributed by atoms with van der Waals surface area (Å²) in [5.41, 5.74) is 0.0408. The maximum absolute atomic E-state index is 10.8. The molecule has 0 aromatic heterocycles. The Morgan fingerprint density at radius 2 is 1.86 bits per heavy atom. The highest BCUT2D eigenvalue weighted by Crippen LogP contribution is 2.25. The van der Waals surface area contributed by atoms with Crippen molar-refractivity contribution in [1.29, 1.82) is 0 Å². The van der Waals surface area contributed by atoms with Gasteiger partial charge in [-0.15, -0.1) is 0 Å². The number of hydrogen-bond donors (Lipinski definition) is 1. The molecular weight excluding hydrogens is 174 g/mol. The van der Waals surface area contributed by atoms with Gasteiger partial charge in [-0.3, -0.25) is 4.79 Å². The first kappa shape index (κ1) is 12.9. The summed E-state index contributed by atoms with van der Waals surface area (Å²) in [7, 11) is 0. The number of nitrogens with one attached hydrogen (secondary N) is 1. The largest absolute Gasteiger partial charge is 0.329 e. The molecule has 1 aliphatic heterocycles. The summed E-state index contributed by atoms with van der Waals surface area (Å²) in [6, 6.07) is 0. The summed E-state index contributed by atoms with van der Waals surface area (Å²) >= 11 is 0. The first-order chi connectivity index (χ1) is 6.58. The highest BCUT2D eigenvalue weighted by molar-refractivity contribution is 5.88. The number of carbonyl (C=O) groups excluding carboxylic acids is 1. The molecule has 0 fully saturated rings. The minimum absolute atomic E-state index is 0.0408. The first-order valence-corrected chi connectivity index (χ1v) is 5.25. The number of rotatable bonds is 1. The molecule has 1 rings (SSSR count). The van der Waals surface area contributed by atoms with E-state index in [-0.39, 0.29) is 11.3 Å². The van der Waals surface area contributed by atoms with Crippen molar-refractivity contribution >= 4 is 5.91 Å². The Morgan fingerprint density at radius 3 is 2.36 bits per heavy atom. The van der Waals surface area contributed by atoms with Crippen LogP contribution in [0.15, 0.2) is 24.4 Å². The van der Waals surface area contributed by atoms with Crippen LogP contribution in [0.1, 0.15) is 40.5 Å². The van der Waals surface area contributed by atoms with Crippen LogP contribution in [-0.2, 0) is 4.79 Å². The summed E-state index contributed by atoms with van der Waals surface area (Å²) in [5, 5.41) is 2.63. The van der Waals surface area contributed by atoms with Crippen molar-refractivity contribution in [3.05, 3.63) is 24.4 Å². The second kappa shape index (κ2) is 6.41. The van der Waals surface area contributed by atoms with Crippen molar-refractivity contribution in [1.82, 2.24) is 5.32 Å². The molecule has 0 bridgehead atoms. The first-order valence-electron chi connectivity index (χ1n) is 5.25. The van der Waals surface area contributed by atoms with Gasteiger partial charge in [-0.05, 0) is 6.42 Å². The standard InChI is InChI=1S/C9H13NO.C3H8/c1-3-9(2)5-4-8(11)10-7-6-9;1-3-2/h4-7H,3H2,1-2H3,(H,10,11);3H2,1-2H3. The molecule has 2 heteroatoms. The minimum Gasteiger partial charge on any atom is -0.329 e. The average molecular weight is 195 g/mol. The molecule has 0 aromatic rings. The van der Waals surface area contributed by atoms with Gasteiger partial charge < -0.3 is 5.32 Å². The fourth-order valence-electron chi connectivity index (χ4n) is 0.920. The van der Waals surface area contributed by atoms with Gasteiger partial charge in [0.15, 0.2) is 0 Å². The Kier molecular flexibility index (Phi) is 5.93. The van der Waals surface area contributed by atoms with Gasteiger partial charge in [-0.2, -0.15) is 0 Å². The molecule has 0 spiro atoms. The summed E-state index contributed by atoms with van der Waals surface area (Å²) in [5.74, 6) is -0.0431. The molecule has 0 aliphatic carbocycles. The predicted molar refractivity (Wildman–Crippen MR) is 60.8 cm³/mol. The van der Waals surface area contributed by atoms with Crippen LogP contribution in [0.3, 0.4) is 0 Å². The fraction of sp³-hybridized carbons (Fsp3) is 0.583. The fourth-order valence-corrected chi connectivity index (χ4v) is 0.920. The third kappa shape index (κ3) is 4.85. The topological polar surface area (TPSA) is 29.1 Å². The molecule has 0 saturated heterocycles. The van der Waals surface area contributed by atoms with Crippen molar-refractivity contribution in [3.63, 3.8) is 0 Å². The van der Waals surface area contributed by atoms with Gasteiger partial charge in [0, 0.05) is 17.7 Å². The van der Waals surface area contributed by atoms with Gasteiger partial charge in [0.25, 0.3) is 0 Å². The van der Waals surface area contributed by atoms with Gasteiger partial charge in [0.1, 0.15) is 0 Å². The van der Waals surface area contributed by atoms with E-state index in [1.165, 1.54) is 6.42 Å². The van der Waals surface area contributed by atoms with E-state index in [1.807, 2.05) is 12.2 Å². The lowest BCUT2D eigenvalue weighted by molar-refractivity contribution is -0.115. The third-order valence-electron chi connectivity index (χ3n) is 2.07. The van der Waals surface area contributed by atoms with Crippen LogP contribution in [0.4, 0.5) is 0 Å². The van der Waals surface area contributed by atoms with E-state index in [2.05, 4.69) is 33.0 Å². The quantitative estimate of drug-likeness (QED) is 0.684. The second-order valence-corrected chi connectivity index (χ2v) is 3.74. The molecule has 1 unspecified atom stereocenters. The molecule has 80 valence electrons. The molecule has 1 amide bonds. The van der Waals surface area contributed by atoms with Crippen molar-refractivity contribution in [2.24, 2.45) is 5.41 Å². The lowest BCUT2D eigenvalue weighted by Gasteiger charge is -2.17. The molecule has 1 aliphatic rings. The SMILES string of the molecule is CCC.CCC1(C)C=CNC(=O)C=C1. The van der Waals surface area contributed by atoms with Gasteiger partial charge >= 0.3 is 0 Å². The smallest absolute Gasteiger partial charge is 0.247 e. The van der Waals surface area contributed by atoms with Crippen LogP contribution in [0.5, 0.6) is 0 Å². The Hall–Kier alpha value is -1.05. The number of carbonyl (C=O) groups is 1. The van der Waals surface area contributed by atoms with E-state index in [1.54, 1.807) is 12.3 Å². The van der Waals surface area contributed by atoms with Crippen LogP contribution < -0.4 is 5.32 Å². The second-order valence-electron chi connectivity index (χ2n) is 3.74. The van der Waals surface area contributed by atoms with Gasteiger partial charge in [-0.25, -0.2) is 0 Å². The molecular formula is C12H21NO. The molecule has 1 atom stereocenters. The van der Waals surface area contributed by atoms with Crippen molar-refractivity contribution in [3.8, 4) is 0 Å². The lowest BCUT2D eigenvalue weighted by Crippen LogP contribution is -2.11. The summed E-state index contributed by atoms with van der Waals surface area (Å²) in [4.78, 5) is 10.8. The minimum atomic E-state index is -0.0431. The van der Waals surface area contributed by atoms with Crippen molar-refractivity contribution < 1.29 is 4.79 Å². The van der Waals surface area contributed by atoms with Crippen LogP contribution in [-0.4, -0.2) is 5.91 Å². The van der Waals surface area contributed by atoms with Crippen LogP contribution in [0.2, 0.25) is 0 Å². The molecule has 0 saturated carbocycles. The Labute approximate surface area is 87.1 Å². The molecule has 1 N–H and O–H groups in total. The third-order valence-corrected chi connectivity index (χ3v) is 2.07. The van der Waals surface area contributed by atoms with Gasteiger partial charge in [0.2, 0.25) is 5.91 Å². The van der Waals surface area contributed by atoms with E-state index in [4.69, 9.17) is 0 Å². The lowest BCUT2D eigenvalue weighted by atomic mass is 9.87. The van der Waals surface area contributed by atoms with E-state index in [0.29, 0.717) is 0 Å². The molecule has 2 nitrogen and oxygen atoms in total. The normalized spacial score (nSPS) is 24.7. The van der Waals surface area contributed by atoms with Crippen molar-refractivity contribution in [2.75, 3.05) is 0 Å². The zero-order valence-electron chi connectivity index (χ0n) is 9.63. The number of hydrogen-bond acceptors (Lipinski definition) is 1. The van der Waals surface area contributed by atoms with Gasteiger partial charge in [0.05, 0.1) is 0 Å². The molecule has 14 heavy (non-hydrogen) atoms. The zero-order valence-corrected chi connectivity index (χ0v) is 9.63. The number of amides is 1. The Bertz CT molecular complexity index is 230. The molecule has 0 radical (unpaired) electrons. The number of allylic oxidation sites excluding steroid dienone is 2. The Morgan fingerprint density at radius 1 is 1.29 bits per heavy atom. The summed E-state index contributed by atoms with van der Waals surface area (Å²) in [6.45, 7) is 8.45. The monoisotopic (exact) mass is 195 g/mol. The van der Waals surface area contributed by atoms with E-state index >= 15 is 0 Å². The summed E-state index contributed by atoms with van der Waals surface area (Å²) in [6.07, 6.45) is 9.50. The summed E-state index contributed by atoms with van der Waals surface area (Å²) < 4.78 is 0. The molecule has 0 aromatic carbocycles. The van der Waals surface area contributed by atoms with E-state index < -0.39 is 0 Å². The van der Waals surface area contributed by atoms with Crippen molar-refractivity contribution in [2.45, 2.75) is 40.5 Å². The van der Waals surface area contributed by atoms with E-state index in [9.17, 15) is 4.79 Å². The molecule has 1 heterocycles. The van der Waals surface area contributed by atoms with Crippen LogP contribution >= 0.6 is 0 Å². The van der Waals surface area contributed by atoms with Gasteiger partial charge in [-0.1, -0.05) is 46.3 Å². The highest BCUT2D eigenvalue weighted by atomic mass is 16.1.